The van der Waals surface area contributed by atoms with Crippen LogP contribution in [0, 0.1) is 6.92 Å². The number of carbonyl (C=O) groups is 1. The molecule has 0 aliphatic carbocycles. The summed E-state index contributed by atoms with van der Waals surface area (Å²) in [5.74, 6) is -0.484. The fourth-order valence-electron chi connectivity index (χ4n) is 1.54. The Hall–Kier alpha value is -1.59. The number of hydrogen-bond donors (Lipinski definition) is 2. The molecule has 0 bridgehead atoms. The monoisotopic (exact) mass is 340 g/mol. The van der Waals surface area contributed by atoms with Crippen LogP contribution in [0.1, 0.15) is 15.9 Å². The van der Waals surface area contributed by atoms with Crippen molar-refractivity contribution in [1.82, 2.24) is 4.98 Å². The van der Waals surface area contributed by atoms with E-state index in [9.17, 15) is 9.90 Å². The molecule has 19 heavy (non-hydrogen) atoms. The standard InChI is InChI=1S/C13H10BrClN2O2/c1-7-3-2-4-9(11(7)18)13(19)17-10-5-8(14)6-16-12(10)15/h2-6,18H,1H3,(H,17,19). The van der Waals surface area contributed by atoms with E-state index in [2.05, 4.69) is 26.2 Å². The highest BCUT2D eigenvalue weighted by molar-refractivity contribution is 9.10. The third-order valence-corrected chi connectivity index (χ3v) is 3.27. The second-order valence-electron chi connectivity index (χ2n) is 3.92. The van der Waals surface area contributed by atoms with Gasteiger partial charge in [0.25, 0.3) is 5.91 Å². The molecule has 6 heteroatoms. The van der Waals surface area contributed by atoms with E-state index in [0.29, 0.717) is 15.7 Å². The Labute approximate surface area is 123 Å². The number of aryl methyl sites for hydroxylation is 1. The molecule has 2 rings (SSSR count). The lowest BCUT2D eigenvalue weighted by atomic mass is 10.1. The fourth-order valence-corrected chi connectivity index (χ4v) is 2.02. The van der Waals surface area contributed by atoms with Gasteiger partial charge in [0.15, 0.2) is 5.15 Å². The first kappa shape index (κ1) is 13.8. The highest BCUT2D eigenvalue weighted by Crippen LogP contribution is 2.26. The average molecular weight is 342 g/mol. The van der Waals surface area contributed by atoms with Gasteiger partial charge in [-0.15, -0.1) is 0 Å². The second-order valence-corrected chi connectivity index (χ2v) is 5.19. The molecule has 1 heterocycles. The minimum absolute atomic E-state index is 0.0425. The van der Waals surface area contributed by atoms with Crippen molar-refractivity contribution in [2.75, 3.05) is 5.32 Å². The first-order valence-corrected chi connectivity index (χ1v) is 6.57. The van der Waals surface area contributed by atoms with E-state index in [-0.39, 0.29) is 16.5 Å². The predicted octanol–water partition coefficient (Wildman–Crippen LogP) is 3.76. The molecular weight excluding hydrogens is 332 g/mol. The molecule has 4 nitrogen and oxygen atoms in total. The number of para-hydroxylation sites is 1. The molecule has 1 aromatic heterocycles. The molecule has 2 N–H and O–H groups in total. The maximum atomic E-state index is 12.1. The largest absolute Gasteiger partial charge is 0.507 e. The summed E-state index contributed by atoms with van der Waals surface area (Å²) in [6.07, 6.45) is 1.53. The SMILES string of the molecule is Cc1cccc(C(=O)Nc2cc(Br)cnc2Cl)c1O. The highest BCUT2D eigenvalue weighted by atomic mass is 79.9. The van der Waals surface area contributed by atoms with Crippen molar-refractivity contribution in [2.24, 2.45) is 0 Å². The summed E-state index contributed by atoms with van der Waals surface area (Å²) in [5, 5.41) is 12.6. The Morgan fingerprint density at radius 1 is 1.47 bits per heavy atom. The topological polar surface area (TPSA) is 62.2 Å². The van der Waals surface area contributed by atoms with Crippen molar-refractivity contribution in [3.8, 4) is 5.75 Å². The summed E-state index contributed by atoms with van der Waals surface area (Å²) in [6.45, 7) is 1.72. The van der Waals surface area contributed by atoms with E-state index in [0.717, 1.165) is 0 Å². The molecule has 0 atom stereocenters. The highest BCUT2D eigenvalue weighted by Gasteiger charge is 2.14. The summed E-state index contributed by atoms with van der Waals surface area (Å²) < 4.78 is 0.695. The van der Waals surface area contributed by atoms with E-state index >= 15 is 0 Å². The molecule has 0 aliphatic heterocycles. The molecule has 0 saturated carbocycles. The average Bonchev–Trinajstić information content (AvgIpc) is 2.37. The molecule has 0 saturated heterocycles. The van der Waals surface area contributed by atoms with Gasteiger partial charge in [-0.1, -0.05) is 23.7 Å². The Morgan fingerprint density at radius 3 is 2.95 bits per heavy atom. The van der Waals surface area contributed by atoms with Crippen LogP contribution in [-0.2, 0) is 0 Å². The number of carbonyl (C=O) groups excluding carboxylic acids is 1. The Kier molecular flexibility index (Phi) is 4.07. The molecule has 0 spiro atoms. The van der Waals surface area contributed by atoms with Gasteiger partial charge in [-0.25, -0.2) is 4.98 Å². The molecular formula is C13H10BrClN2O2. The van der Waals surface area contributed by atoms with Gasteiger partial charge in [0.05, 0.1) is 11.3 Å². The summed E-state index contributed by atoms with van der Waals surface area (Å²) in [6, 6.07) is 6.60. The van der Waals surface area contributed by atoms with Gasteiger partial charge in [-0.2, -0.15) is 0 Å². The van der Waals surface area contributed by atoms with Gasteiger partial charge < -0.3 is 10.4 Å². The molecule has 1 aromatic carbocycles. The van der Waals surface area contributed by atoms with Gasteiger partial charge in [-0.3, -0.25) is 4.79 Å². The number of nitrogens with one attached hydrogen (secondary N) is 1. The molecule has 0 unspecified atom stereocenters. The van der Waals surface area contributed by atoms with Crippen LogP contribution in [0.2, 0.25) is 5.15 Å². The molecule has 2 aromatic rings. The lowest BCUT2D eigenvalue weighted by molar-refractivity contribution is 0.102. The van der Waals surface area contributed by atoms with Crippen LogP contribution >= 0.6 is 27.5 Å². The number of nitrogens with zero attached hydrogens (tertiary/aromatic N) is 1. The number of aromatic nitrogens is 1. The fraction of sp³-hybridized carbons (Fsp3) is 0.0769. The second kappa shape index (κ2) is 5.59. The zero-order valence-corrected chi connectivity index (χ0v) is 12.3. The van der Waals surface area contributed by atoms with E-state index in [4.69, 9.17) is 11.6 Å². The number of anilines is 1. The molecule has 0 fully saturated rings. The van der Waals surface area contributed by atoms with E-state index in [1.807, 2.05) is 0 Å². The molecule has 0 aliphatic rings. The lowest BCUT2D eigenvalue weighted by Crippen LogP contribution is -2.13. The van der Waals surface area contributed by atoms with E-state index in [1.165, 1.54) is 12.3 Å². The van der Waals surface area contributed by atoms with Crippen LogP contribution < -0.4 is 5.32 Å². The van der Waals surface area contributed by atoms with Crippen molar-refractivity contribution >= 4 is 39.1 Å². The van der Waals surface area contributed by atoms with Crippen molar-refractivity contribution in [1.29, 1.82) is 0 Å². The summed E-state index contributed by atoms with van der Waals surface area (Å²) in [5.41, 5.74) is 1.20. The maximum Gasteiger partial charge on any atom is 0.259 e. The first-order chi connectivity index (χ1) is 8.99. The summed E-state index contributed by atoms with van der Waals surface area (Å²) >= 11 is 9.14. The Bertz CT molecular complexity index is 647. The number of halogens is 2. The number of phenolic OH excluding ortho intramolecular Hbond substituents is 1. The third kappa shape index (κ3) is 3.05. The zero-order chi connectivity index (χ0) is 14.0. The zero-order valence-electron chi connectivity index (χ0n) is 9.95. The van der Waals surface area contributed by atoms with E-state index in [1.54, 1.807) is 25.1 Å². The minimum atomic E-state index is -0.442. The van der Waals surface area contributed by atoms with Gasteiger partial charge >= 0.3 is 0 Å². The Morgan fingerprint density at radius 2 is 2.21 bits per heavy atom. The summed E-state index contributed by atoms with van der Waals surface area (Å²) in [7, 11) is 0. The third-order valence-electron chi connectivity index (χ3n) is 2.54. The van der Waals surface area contributed by atoms with Crippen molar-refractivity contribution in [3.63, 3.8) is 0 Å². The number of rotatable bonds is 2. The van der Waals surface area contributed by atoms with Crippen LogP contribution in [0.15, 0.2) is 34.9 Å². The quantitative estimate of drug-likeness (QED) is 0.818. The van der Waals surface area contributed by atoms with E-state index < -0.39 is 5.91 Å². The predicted molar refractivity (Wildman–Crippen MR) is 77.7 cm³/mol. The van der Waals surface area contributed by atoms with Gasteiger partial charge in [-0.05, 0) is 40.5 Å². The number of hydrogen-bond acceptors (Lipinski definition) is 3. The van der Waals surface area contributed by atoms with Crippen molar-refractivity contribution < 1.29 is 9.90 Å². The van der Waals surface area contributed by atoms with Crippen LogP contribution in [0.25, 0.3) is 0 Å². The molecule has 0 radical (unpaired) electrons. The van der Waals surface area contributed by atoms with Gasteiger partial charge in [0.2, 0.25) is 0 Å². The molecule has 1 amide bonds. The minimum Gasteiger partial charge on any atom is -0.507 e. The number of aromatic hydroxyl groups is 1. The number of benzene rings is 1. The maximum absolute atomic E-state index is 12.1. The first-order valence-electron chi connectivity index (χ1n) is 5.40. The van der Waals surface area contributed by atoms with Crippen molar-refractivity contribution in [2.45, 2.75) is 6.92 Å². The number of pyridine rings is 1. The number of phenols is 1. The number of amides is 1. The Balaban J connectivity index is 2.31. The summed E-state index contributed by atoms with van der Waals surface area (Å²) in [4.78, 5) is 16.0. The van der Waals surface area contributed by atoms with Crippen LogP contribution in [0.5, 0.6) is 5.75 Å². The van der Waals surface area contributed by atoms with Crippen LogP contribution in [0.3, 0.4) is 0 Å². The lowest BCUT2D eigenvalue weighted by Gasteiger charge is -2.09. The van der Waals surface area contributed by atoms with Crippen molar-refractivity contribution in [3.05, 3.63) is 51.2 Å². The van der Waals surface area contributed by atoms with Crippen LogP contribution in [0.4, 0.5) is 5.69 Å². The van der Waals surface area contributed by atoms with Gasteiger partial charge in [0, 0.05) is 10.7 Å². The molecule has 98 valence electrons. The normalized spacial score (nSPS) is 10.3. The smallest absolute Gasteiger partial charge is 0.259 e. The van der Waals surface area contributed by atoms with Crippen LogP contribution in [-0.4, -0.2) is 16.0 Å². The van der Waals surface area contributed by atoms with Gasteiger partial charge in [0.1, 0.15) is 5.75 Å².